The Morgan fingerprint density at radius 1 is 1.20 bits per heavy atom. The monoisotopic (exact) mass is 210 g/mol. The molecule has 1 atom stereocenters. The van der Waals surface area contributed by atoms with Crippen LogP contribution in [0.3, 0.4) is 0 Å². The first-order chi connectivity index (χ1) is 6.81. The maximum atomic E-state index is 11.9. The molecule has 0 bridgehead atoms. The second-order valence-corrected chi connectivity index (χ2v) is 4.59. The molecule has 0 rings (SSSR count). The summed E-state index contributed by atoms with van der Waals surface area (Å²) in [5.74, 6) is 5.58. The third-order valence-corrected chi connectivity index (χ3v) is 2.82. The first-order valence-electron chi connectivity index (χ1n) is 5.48. The Kier molecular flexibility index (Phi) is 4.87. The van der Waals surface area contributed by atoms with Crippen LogP contribution in [0.5, 0.6) is 0 Å². The molecule has 1 unspecified atom stereocenters. The van der Waals surface area contributed by atoms with Gasteiger partial charge in [-0.25, -0.2) is 0 Å². The molecular formula is C13H22O2. The fourth-order valence-electron chi connectivity index (χ4n) is 0.938. The number of ether oxygens (including phenoxy) is 1. The van der Waals surface area contributed by atoms with Gasteiger partial charge in [-0.05, 0) is 40.5 Å². The average Bonchev–Trinajstić information content (AvgIpc) is 2.18. The van der Waals surface area contributed by atoms with Crippen molar-refractivity contribution in [1.82, 2.24) is 0 Å². The van der Waals surface area contributed by atoms with Crippen LogP contribution in [-0.4, -0.2) is 11.6 Å². The minimum atomic E-state index is -0.641. The van der Waals surface area contributed by atoms with Crippen LogP contribution in [0.4, 0.5) is 0 Å². The predicted octanol–water partition coefficient (Wildman–Crippen LogP) is 3.16. The smallest absolute Gasteiger partial charge is 0.313 e. The van der Waals surface area contributed by atoms with Crippen LogP contribution in [0.2, 0.25) is 0 Å². The lowest BCUT2D eigenvalue weighted by Crippen LogP contribution is -2.36. The molecule has 0 aromatic carbocycles. The number of hydrogen-bond donors (Lipinski definition) is 0. The van der Waals surface area contributed by atoms with Gasteiger partial charge in [0.15, 0.2) is 5.60 Å². The van der Waals surface area contributed by atoms with Crippen LogP contribution in [0.1, 0.15) is 54.4 Å². The zero-order valence-corrected chi connectivity index (χ0v) is 10.7. The van der Waals surface area contributed by atoms with Gasteiger partial charge in [-0.3, -0.25) is 4.79 Å². The van der Waals surface area contributed by atoms with E-state index in [0.717, 1.165) is 6.42 Å². The van der Waals surface area contributed by atoms with Gasteiger partial charge in [-0.15, -0.1) is 5.92 Å². The van der Waals surface area contributed by atoms with Gasteiger partial charge in [-0.2, -0.15) is 0 Å². The van der Waals surface area contributed by atoms with Crippen molar-refractivity contribution in [2.24, 2.45) is 5.41 Å². The zero-order chi connectivity index (χ0) is 12.1. The summed E-state index contributed by atoms with van der Waals surface area (Å²) in [6, 6.07) is 0. The highest BCUT2D eigenvalue weighted by atomic mass is 16.6. The molecule has 0 radical (unpaired) electrons. The highest BCUT2D eigenvalue weighted by Gasteiger charge is 2.33. The number of rotatable bonds is 4. The summed E-state index contributed by atoms with van der Waals surface area (Å²) in [6.07, 6.45) is 1.48. The first-order valence-corrected chi connectivity index (χ1v) is 5.48. The van der Waals surface area contributed by atoms with Crippen LogP contribution in [0, 0.1) is 17.3 Å². The SMILES string of the molecule is CC#CC(C)(CC)OC(=O)C(C)(C)CC. The van der Waals surface area contributed by atoms with Crippen LogP contribution >= 0.6 is 0 Å². The molecule has 0 heterocycles. The van der Waals surface area contributed by atoms with Gasteiger partial charge < -0.3 is 4.74 Å². The molecule has 0 N–H and O–H groups in total. The van der Waals surface area contributed by atoms with Crippen molar-refractivity contribution in [3.63, 3.8) is 0 Å². The minimum absolute atomic E-state index is 0.169. The molecule has 0 amide bonds. The van der Waals surface area contributed by atoms with Crippen LogP contribution in [-0.2, 0) is 9.53 Å². The molecule has 0 saturated carbocycles. The molecule has 0 aliphatic heterocycles. The summed E-state index contributed by atoms with van der Waals surface area (Å²) in [5.41, 5.74) is -1.07. The van der Waals surface area contributed by atoms with Crippen LogP contribution < -0.4 is 0 Å². The maximum absolute atomic E-state index is 11.9. The third kappa shape index (κ3) is 3.95. The molecule has 0 aromatic rings. The lowest BCUT2D eigenvalue weighted by atomic mass is 9.90. The summed E-state index contributed by atoms with van der Waals surface area (Å²) in [4.78, 5) is 11.9. The molecule has 0 fully saturated rings. The number of carbonyl (C=O) groups excluding carboxylic acids is 1. The van der Waals surface area contributed by atoms with Crippen molar-refractivity contribution in [2.75, 3.05) is 0 Å². The van der Waals surface area contributed by atoms with Gasteiger partial charge in [0, 0.05) is 0 Å². The molecule has 0 spiro atoms. The normalized spacial score (nSPS) is 14.8. The Balaban J connectivity index is 4.69. The van der Waals surface area contributed by atoms with E-state index in [1.54, 1.807) is 6.92 Å². The molecule has 0 aliphatic carbocycles. The highest BCUT2D eigenvalue weighted by Crippen LogP contribution is 2.26. The molecule has 86 valence electrons. The average molecular weight is 210 g/mol. The van der Waals surface area contributed by atoms with E-state index in [4.69, 9.17) is 4.74 Å². The Hall–Kier alpha value is -0.970. The second-order valence-electron chi connectivity index (χ2n) is 4.59. The maximum Gasteiger partial charge on any atom is 0.313 e. The van der Waals surface area contributed by atoms with Crippen LogP contribution in [0.15, 0.2) is 0 Å². The molecule has 0 saturated heterocycles. The van der Waals surface area contributed by atoms with Gasteiger partial charge in [0.1, 0.15) is 0 Å². The fraction of sp³-hybridized carbons (Fsp3) is 0.769. The summed E-state index contributed by atoms with van der Waals surface area (Å²) < 4.78 is 5.47. The quantitative estimate of drug-likeness (QED) is 0.526. The number of carbonyl (C=O) groups is 1. The largest absolute Gasteiger partial charge is 0.446 e. The van der Waals surface area contributed by atoms with Gasteiger partial charge in [0.25, 0.3) is 0 Å². The van der Waals surface area contributed by atoms with Crippen molar-refractivity contribution in [1.29, 1.82) is 0 Å². The van der Waals surface area contributed by atoms with E-state index in [9.17, 15) is 4.79 Å². The molecule has 0 aromatic heterocycles. The van der Waals surface area contributed by atoms with E-state index < -0.39 is 11.0 Å². The third-order valence-electron chi connectivity index (χ3n) is 2.82. The minimum Gasteiger partial charge on any atom is -0.446 e. The number of hydrogen-bond acceptors (Lipinski definition) is 2. The highest BCUT2D eigenvalue weighted by molar-refractivity contribution is 5.76. The van der Waals surface area contributed by atoms with Crippen LogP contribution in [0.25, 0.3) is 0 Å². The zero-order valence-electron chi connectivity index (χ0n) is 10.7. The Morgan fingerprint density at radius 2 is 1.73 bits per heavy atom. The van der Waals surface area contributed by atoms with Crippen molar-refractivity contribution in [3.8, 4) is 11.8 Å². The first kappa shape index (κ1) is 14.0. The van der Waals surface area contributed by atoms with Gasteiger partial charge in [0.2, 0.25) is 0 Å². The Morgan fingerprint density at radius 3 is 2.07 bits per heavy atom. The van der Waals surface area contributed by atoms with E-state index in [0.29, 0.717) is 6.42 Å². The molecule has 15 heavy (non-hydrogen) atoms. The predicted molar refractivity (Wildman–Crippen MR) is 62.3 cm³/mol. The fourth-order valence-corrected chi connectivity index (χ4v) is 0.938. The molecule has 0 aliphatic rings. The van der Waals surface area contributed by atoms with E-state index in [-0.39, 0.29) is 5.97 Å². The van der Waals surface area contributed by atoms with Crippen molar-refractivity contribution in [2.45, 2.75) is 60.0 Å². The van der Waals surface area contributed by atoms with E-state index in [1.807, 2.05) is 34.6 Å². The van der Waals surface area contributed by atoms with Crippen molar-refractivity contribution in [3.05, 3.63) is 0 Å². The van der Waals surface area contributed by atoms with Gasteiger partial charge >= 0.3 is 5.97 Å². The van der Waals surface area contributed by atoms with E-state index in [2.05, 4.69) is 11.8 Å². The van der Waals surface area contributed by atoms with Gasteiger partial charge in [0.05, 0.1) is 5.41 Å². The Bertz CT molecular complexity index is 281. The Labute approximate surface area is 93.4 Å². The number of esters is 1. The summed E-state index contributed by atoms with van der Waals surface area (Å²) in [7, 11) is 0. The summed E-state index contributed by atoms with van der Waals surface area (Å²) in [5, 5.41) is 0. The second kappa shape index (κ2) is 5.21. The summed E-state index contributed by atoms with van der Waals surface area (Å²) >= 11 is 0. The lowest BCUT2D eigenvalue weighted by Gasteiger charge is -2.28. The van der Waals surface area contributed by atoms with Gasteiger partial charge in [-0.1, -0.05) is 19.8 Å². The van der Waals surface area contributed by atoms with Crippen molar-refractivity contribution >= 4 is 5.97 Å². The molecular weight excluding hydrogens is 188 g/mol. The lowest BCUT2D eigenvalue weighted by molar-refractivity contribution is -0.164. The molecule has 2 nitrogen and oxygen atoms in total. The molecule has 2 heteroatoms. The topological polar surface area (TPSA) is 26.3 Å². The van der Waals surface area contributed by atoms with E-state index >= 15 is 0 Å². The summed E-state index contributed by atoms with van der Waals surface area (Å²) in [6.45, 7) is 11.3. The van der Waals surface area contributed by atoms with Crippen molar-refractivity contribution < 1.29 is 9.53 Å². The van der Waals surface area contributed by atoms with E-state index in [1.165, 1.54) is 0 Å². The standard InChI is InChI=1S/C13H22O2/c1-7-10-13(6,9-3)15-11(14)12(4,5)8-2/h8-9H2,1-6H3.